The van der Waals surface area contributed by atoms with Gasteiger partial charge in [-0.15, -0.1) is 0 Å². The molecule has 1 unspecified atom stereocenters. The molecule has 6 heteroatoms. The van der Waals surface area contributed by atoms with Gasteiger partial charge in [0.2, 0.25) is 0 Å². The van der Waals surface area contributed by atoms with E-state index in [0.29, 0.717) is 6.54 Å². The lowest BCUT2D eigenvalue weighted by Gasteiger charge is -2.26. The highest BCUT2D eigenvalue weighted by atomic mass is 32.2. The molecule has 0 radical (unpaired) electrons. The van der Waals surface area contributed by atoms with Crippen molar-refractivity contribution >= 4 is 23.4 Å². The molecular formula is C14H23F2N3S. The largest absolute Gasteiger partial charge is 0.368 e. The van der Waals surface area contributed by atoms with Crippen molar-refractivity contribution in [1.82, 2.24) is 4.98 Å². The lowest BCUT2D eigenvalue weighted by molar-refractivity contribution is 0.561. The molecule has 0 bridgehead atoms. The minimum absolute atomic E-state index is 0.118. The van der Waals surface area contributed by atoms with Gasteiger partial charge in [-0.05, 0) is 31.8 Å². The van der Waals surface area contributed by atoms with Gasteiger partial charge in [0, 0.05) is 25.7 Å². The van der Waals surface area contributed by atoms with Gasteiger partial charge in [0.1, 0.15) is 0 Å². The summed E-state index contributed by atoms with van der Waals surface area (Å²) >= 11 is 1.75. The molecule has 0 aliphatic rings. The molecule has 1 aromatic rings. The van der Waals surface area contributed by atoms with E-state index in [9.17, 15) is 8.78 Å². The van der Waals surface area contributed by atoms with Crippen LogP contribution in [-0.4, -0.2) is 36.6 Å². The first-order valence-electron chi connectivity index (χ1n) is 6.82. The quantitative estimate of drug-likeness (QED) is 0.791. The number of aromatic nitrogens is 1. The van der Waals surface area contributed by atoms with E-state index in [1.54, 1.807) is 23.7 Å². The minimum atomic E-state index is -0.648. The Hall–Kier alpha value is -1.04. The molecule has 1 N–H and O–H groups in total. The van der Waals surface area contributed by atoms with E-state index < -0.39 is 11.6 Å². The fourth-order valence-corrected chi connectivity index (χ4v) is 2.34. The Balaban J connectivity index is 2.92. The van der Waals surface area contributed by atoms with Gasteiger partial charge in [-0.3, -0.25) is 0 Å². The fourth-order valence-electron chi connectivity index (χ4n) is 1.76. The number of thioether (sulfide) groups is 1. The predicted octanol–water partition coefficient (Wildman–Crippen LogP) is 3.76. The van der Waals surface area contributed by atoms with Gasteiger partial charge in [0.15, 0.2) is 23.3 Å². The van der Waals surface area contributed by atoms with Crippen LogP contribution in [0.5, 0.6) is 0 Å². The van der Waals surface area contributed by atoms with Crippen molar-refractivity contribution in [3.63, 3.8) is 0 Å². The van der Waals surface area contributed by atoms with Crippen LogP contribution in [0.3, 0.4) is 0 Å². The summed E-state index contributed by atoms with van der Waals surface area (Å²) in [4.78, 5) is 5.86. The van der Waals surface area contributed by atoms with E-state index in [1.807, 2.05) is 20.1 Å². The lowest BCUT2D eigenvalue weighted by Crippen LogP contribution is -2.31. The third-order valence-corrected chi connectivity index (χ3v) is 3.83. The van der Waals surface area contributed by atoms with Crippen LogP contribution in [0.4, 0.5) is 20.4 Å². The number of hydrogen-bond acceptors (Lipinski definition) is 4. The second-order valence-electron chi connectivity index (χ2n) is 4.79. The molecule has 0 aliphatic carbocycles. The molecule has 0 aromatic carbocycles. The van der Waals surface area contributed by atoms with Crippen LogP contribution in [0.1, 0.15) is 26.7 Å². The van der Waals surface area contributed by atoms with Crippen LogP contribution >= 0.6 is 11.8 Å². The average Bonchev–Trinajstić information content (AvgIpc) is 2.43. The molecule has 0 spiro atoms. The predicted molar refractivity (Wildman–Crippen MR) is 83.8 cm³/mol. The molecule has 1 heterocycles. The Kier molecular flexibility index (Phi) is 7.05. The summed E-state index contributed by atoms with van der Waals surface area (Å²) in [5.41, 5.74) is 0. The van der Waals surface area contributed by atoms with Crippen LogP contribution in [0, 0.1) is 11.6 Å². The van der Waals surface area contributed by atoms with E-state index in [0.717, 1.165) is 24.7 Å². The zero-order valence-corrected chi connectivity index (χ0v) is 13.4. The maximum Gasteiger partial charge on any atom is 0.168 e. The molecule has 20 heavy (non-hydrogen) atoms. The normalized spacial score (nSPS) is 12.3. The maximum atomic E-state index is 13.9. The molecule has 3 nitrogen and oxygen atoms in total. The molecule has 114 valence electrons. The first kappa shape index (κ1) is 17.0. The van der Waals surface area contributed by atoms with Gasteiger partial charge in [-0.2, -0.15) is 11.8 Å². The summed E-state index contributed by atoms with van der Waals surface area (Å²) in [6, 6.07) is 1.05. The number of pyridine rings is 1. The van der Waals surface area contributed by atoms with E-state index in [2.05, 4.69) is 10.3 Å². The molecular weight excluding hydrogens is 280 g/mol. The van der Waals surface area contributed by atoms with Crippen molar-refractivity contribution in [2.45, 2.75) is 32.7 Å². The van der Waals surface area contributed by atoms with Crippen LogP contribution in [0.15, 0.2) is 6.07 Å². The Labute approximate surface area is 124 Å². The van der Waals surface area contributed by atoms with Crippen molar-refractivity contribution in [3.8, 4) is 0 Å². The van der Waals surface area contributed by atoms with Gasteiger partial charge in [0.25, 0.3) is 0 Å². The SMILES string of the molecule is CCCNc1nc(N(C)C(C)CCSC)c(F)cc1F. The zero-order chi connectivity index (χ0) is 15.1. The van der Waals surface area contributed by atoms with Gasteiger partial charge in [-0.1, -0.05) is 6.92 Å². The summed E-state index contributed by atoms with van der Waals surface area (Å²) in [6.07, 6.45) is 3.82. The Morgan fingerprint density at radius 3 is 2.70 bits per heavy atom. The van der Waals surface area contributed by atoms with Crippen LogP contribution < -0.4 is 10.2 Å². The highest BCUT2D eigenvalue weighted by Crippen LogP contribution is 2.24. The molecule has 0 saturated heterocycles. The van der Waals surface area contributed by atoms with Crippen molar-refractivity contribution in [2.75, 3.05) is 35.8 Å². The molecule has 1 aromatic heterocycles. The summed E-state index contributed by atoms with van der Waals surface area (Å²) in [5.74, 6) is 0.0358. The van der Waals surface area contributed by atoms with Crippen molar-refractivity contribution in [1.29, 1.82) is 0 Å². The molecule has 1 rings (SSSR count). The summed E-state index contributed by atoms with van der Waals surface area (Å²) < 4.78 is 27.5. The number of halogens is 2. The van der Waals surface area contributed by atoms with E-state index in [4.69, 9.17) is 0 Å². The maximum absolute atomic E-state index is 13.9. The van der Waals surface area contributed by atoms with Crippen molar-refractivity contribution in [2.24, 2.45) is 0 Å². The number of nitrogens with zero attached hydrogens (tertiary/aromatic N) is 2. The van der Waals surface area contributed by atoms with Crippen molar-refractivity contribution in [3.05, 3.63) is 17.7 Å². The number of hydrogen-bond donors (Lipinski definition) is 1. The van der Waals surface area contributed by atoms with Crippen LogP contribution in [0.25, 0.3) is 0 Å². The van der Waals surface area contributed by atoms with Gasteiger partial charge in [-0.25, -0.2) is 13.8 Å². The number of anilines is 2. The van der Waals surface area contributed by atoms with Crippen molar-refractivity contribution < 1.29 is 8.78 Å². The minimum Gasteiger partial charge on any atom is -0.368 e. The Bertz CT molecular complexity index is 429. The summed E-state index contributed by atoms with van der Waals surface area (Å²) in [5, 5.41) is 2.88. The standard InChI is InChI=1S/C14H23F2N3S/c1-5-7-17-13-11(15)9-12(16)14(18-13)19(3)10(2)6-8-20-4/h9-10H,5-8H2,1-4H3,(H,17,18). The summed E-state index contributed by atoms with van der Waals surface area (Å²) in [7, 11) is 1.79. The first-order chi connectivity index (χ1) is 9.51. The van der Waals surface area contributed by atoms with Crippen LogP contribution in [-0.2, 0) is 0 Å². The second kappa shape index (κ2) is 8.29. The smallest absolute Gasteiger partial charge is 0.168 e. The number of nitrogens with one attached hydrogen (secondary N) is 1. The monoisotopic (exact) mass is 303 g/mol. The van der Waals surface area contributed by atoms with Gasteiger partial charge < -0.3 is 10.2 Å². The zero-order valence-electron chi connectivity index (χ0n) is 12.5. The Morgan fingerprint density at radius 2 is 2.10 bits per heavy atom. The van der Waals surface area contributed by atoms with Gasteiger partial charge in [0.05, 0.1) is 0 Å². The van der Waals surface area contributed by atoms with E-state index in [1.165, 1.54) is 0 Å². The molecule has 0 aliphatic heterocycles. The highest BCUT2D eigenvalue weighted by Gasteiger charge is 2.18. The molecule has 0 fully saturated rings. The Morgan fingerprint density at radius 1 is 1.40 bits per heavy atom. The van der Waals surface area contributed by atoms with E-state index in [-0.39, 0.29) is 17.7 Å². The fraction of sp³-hybridized carbons (Fsp3) is 0.643. The lowest BCUT2D eigenvalue weighted by atomic mass is 10.2. The summed E-state index contributed by atoms with van der Waals surface area (Å²) in [6.45, 7) is 4.60. The average molecular weight is 303 g/mol. The van der Waals surface area contributed by atoms with E-state index >= 15 is 0 Å². The second-order valence-corrected chi connectivity index (χ2v) is 5.78. The molecule has 1 atom stereocenters. The molecule has 0 amide bonds. The first-order valence-corrected chi connectivity index (χ1v) is 8.22. The number of rotatable bonds is 8. The third-order valence-electron chi connectivity index (χ3n) is 3.19. The molecule has 0 saturated carbocycles. The third kappa shape index (κ3) is 4.51. The topological polar surface area (TPSA) is 28.2 Å². The highest BCUT2D eigenvalue weighted by molar-refractivity contribution is 7.98. The van der Waals surface area contributed by atoms with Gasteiger partial charge >= 0.3 is 0 Å². The van der Waals surface area contributed by atoms with Crippen LogP contribution in [0.2, 0.25) is 0 Å².